The lowest BCUT2D eigenvalue weighted by atomic mass is 10.1. The molecule has 2 heterocycles. The molecule has 0 atom stereocenters. The minimum absolute atomic E-state index is 0.237. The van der Waals surface area contributed by atoms with E-state index in [4.69, 9.17) is 0 Å². The molecule has 9 heteroatoms. The van der Waals surface area contributed by atoms with Gasteiger partial charge in [-0.2, -0.15) is 0 Å². The van der Waals surface area contributed by atoms with Crippen LogP contribution in [-0.2, 0) is 16.4 Å². The van der Waals surface area contributed by atoms with Crippen LogP contribution in [0.25, 0.3) is 0 Å². The van der Waals surface area contributed by atoms with Crippen LogP contribution < -0.4 is 4.72 Å². The van der Waals surface area contributed by atoms with Crippen LogP contribution in [0.1, 0.15) is 20.2 Å². The maximum atomic E-state index is 13.3. The third-order valence-corrected chi connectivity index (χ3v) is 7.02. The monoisotopic (exact) mass is 400 g/mol. The quantitative estimate of drug-likeness (QED) is 0.686. The van der Waals surface area contributed by atoms with E-state index in [1.165, 1.54) is 23.6 Å². The summed E-state index contributed by atoms with van der Waals surface area (Å²) in [5.74, 6) is -1.81. The molecular formula is C16H14F2N2O2S3. The van der Waals surface area contributed by atoms with Crippen molar-refractivity contribution in [2.45, 2.75) is 25.2 Å². The molecular weight excluding hydrogens is 386 g/mol. The Labute approximate surface area is 152 Å². The molecule has 0 fully saturated rings. The van der Waals surface area contributed by atoms with Gasteiger partial charge in [0.15, 0.2) is 16.8 Å². The molecule has 1 aromatic carbocycles. The number of benzene rings is 1. The van der Waals surface area contributed by atoms with Gasteiger partial charge in [0.05, 0.1) is 0 Å². The third kappa shape index (κ3) is 4.05. The molecule has 0 aliphatic heterocycles. The first-order chi connectivity index (χ1) is 11.7. The number of rotatable bonds is 5. The highest BCUT2D eigenvalue weighted by Crippen LogP contribution is 2.28. The molecule has 0 bridgehead atoms. The van der Waals surface area contributed by atoms with E-state index in [2.05, 4.69) is 9.71 Å². The van der Waals surface area contributed by atoms with E-state index in [9.17, 15) is 17.2 Å². The number of thiazole rings is 1. The van der Waals surface area contributed by atoms with E-state index in [0.717, 1.165) is 33.2 Å². The highest BCUT2D eigenvalue weighted by Gasteiger charge is 2.20. The number of thiophene rings is 1. The summed E-state index contributed by atoms with van der Waals surface area (Å²) >= 11 is 2.57. The molecule has 0 saturated carbocycles. The number of hydrogen-bond acceptors (Lipinski definition) is 5. The number of hydrogen-bond donors (Lipinski definition) is 1. The van der Waals surface area contributed by atoms with Crippen LogP contribution in [-0.4, -0.2) is 13.4 Å². The van der Waals surface area contributed by atoms with Gasteiger partial charge in [0.2, 0.25) is 0 Å². The third-order valence-electron chi connectivity index (χ3n) is 3.42. The maximum Gasteiger partial charge on any atom is 0.264 e. The van der Waals surface area contributed by atoms with E-state index in [1.807, 2.05) is 6.92 Å². The van der Waals surface area contributed by atoms with Gasteiger partial charge >= 0.3 is 0 Å². The van der Waals surface area contributed by atoms with E-state index in [-0.39, 0.29) is 10.0 Å². The topological polar surface area (TPSA) is 59.1 Å². The molecule has 2 aromatic heterocycles. The van der Waals surface area contributed by atoms with Crippen molar-refractivity contribution < 1.29 is 17.2 Å². The number of halogens is 2. The van der Waals surface area contributed by atoms with E-state index >= 15 is 0 Å². The Morgan fingerprint density at radius 2 is 1.88 bits per heavy atom. The molecule has 0 saturated heterocycles. The molecule has 0 aliphatic carbocycles. The van der Waals surface area contributed by atoms with Crippen molar-refractivity contribution in [1.29, 1.82) is 0 Å². The smallest absolute Gasteiger partial charge is 0.255 e. The maximum absolute atomic E-state index is 13.3. The van der Waals surface area contributed by atoms with Crippen molar-refractivity contribution in [1.82, 2.24) is 4.98 Å². The summed E-state index contributed by atoms with van der Waals surface area (Å²) in [5.41, 5.74) is 0.585. The van der Waals surface area contributed by atoms with Crippen molar-refractivity contribution in [3.63, 3.8) is 0 Å². The van der Waals surface area contributed by atoms with Crippen LogP contribution in [0.15, 0.2) is 35.4 Å². The fourth-order valence-electron chi connectivity index (χ4n) is 2.33. The second-order valence-corrected chi connectivity index (χ2v) is 9.67. The zero-order valence-electron chi connectivity index (χ0n) is 13.3. The predicted molar refractivity (Wildman–Crippen MR) is 95.9 cm³/mol. The SMILES string of the molecule is Cc1cc(S(=O)(=O)Nc2ncc(Cc3ccc(F)c(F)c3)s2)c(C)s1. The van der Waals surface area contributed by atoms with Crippen molar-refractivity contribution in [3.8, 4) is 0 Å². The van der Waals surface area contributed by atoms with Gasteiger partial charge in [-0.3, -0.25) is 4.72 Å². The van der Waals surface area contributed by atoms with Crippen molar-refractivity contribution in [3.05, 3.63) is 62.3 Å². The van der Waals surface area contributed by atoms with Gasteiger partial charge in [-0.25, -0.2) is 22.2 Å². The number of aryl methyl sites for hydroxylation is 2. The lowest BCUT2D eigenvalue weighted by Crippen LogP contribution is -2.12. The fraction of sp³-hybridized carbons (Fsp3) is 0.188. The summed E-state index contributed by atoms with van der Waals surface area (Å²) in [6.45, 7) is 3.60. The van der Waals surface area contributed by atoms with E-state index in [0.29, 0.717) is 16.9 Å². The first-order valence-electron chi connectivity index (χ1n) is 7.23. The van der Waals surface area contributed by atoms with E-state index < -0.39 is 21.7 Å². The normalized spacial score (nSPS) is 11.7. The highest BCUT2D eigenvalue weighted by atomic mass is 32.2. The molecule has 4 nitrogen and oxygen atoms in total. The van der Waals surface area contributed by atoms with Crippen molar-refractivity contribution >= 4 is 37.8 Å². The number of nitrogens with zero attached hydrogens (tertiary/aromatic N) is 1. The van der Waals surface area contributed by atoms with Crippen molar-refractivity contribution in [2.24, 2.45) is 0 Å². The molecule has 0 unspecified atom stereocenters. The fourth-order valence-corrected chi connectivity index (χ4v) is 5.98. The number of aromatic nitrogens is 1. The van der Waals surface area contributed by atoms with Crippen LogP contribution in [0.2, 0.25) is 0 Å². The Hall–Kier alpha value is -1.84. The molecule has 132 valence electrons. The van der Waals surface area contributed by atoms with Crippen LogP contribution in [0, 0.1) is 25.5 Å². The van der Waals surface area contributed by atoms with Gasteiger partial charge in [-0.05, 0) is 37.6 Å². The highest BCUT2D eigenvalue weighted by molar-refractivity contribution is 7.93. The summed E-state index contributed by atoms with van der Waals surface area (Å²) in [6.07, 6.45) is 1.86. The Morgan fingerprint density at radius 1 is 1.12 bits per heavy atom. The van der Waals surface area contributed by atoms with Gasteiger partial charge in [-0.15, -0.1) is 22.7 Å². The van der Waals surface area contributed by atoms with Gasteiger partial charge in [0.25, 0.3) is 10.0 Å². The van der Waals surface area contributed by atoms with Crippen molar-refractivity contribution in [2.75, 3.05) is 4.72 Å². The van der Waals surface area contributed by atoms with Gasteiger partial charge < -0.3 is 0 Å². The average molecular weight is 400 g/mol. The molecule has 0 radical (unpaired) electrons. The summed E-state index contributed by atoms with van der Waals surface area (Å²) in [4.78, 5) is 6.67. The van der Waals surface area contributed by atoms with Crippen LogP contribution >= 0.6 is 22.7 Å². The Morgan fingerprint density at radius 3 is 2.52 bits per heavy atom. The minimum atomic E-state index is -3.70. The van der Waals surface area contributed by atoms with Crippen LogP contribution in [0.5, 0.6) is 0 Å². The van der Waals surface area contributed by atoms with Gasteiger partial charge in [0.1, 0.15) is 4.90 Å². The standard InChI is InChI=1S/C16H14F2N2O2S3/c1-9-5-15(10(2)23-9)25(21,22)20-16-19-8-12(24-16)6-11-3-4-13(17)14(18)7-11/h3-5,7-8H,6H2,1-2H3,(H,19,20). The molecule has 1 N–H and O–H groups in total. The van der Waals surface area contributed by atoms with E-state index in [1.54, 1.807) is 13.0 Å². The van der Waals surface area contributed by atoms with Crippen LogP contribution in [0.4, 0.5) is 13.9 Å². The molecule has 3 aromatic rings. The first-order valence-corrected chi connectivity index (χ1v) is 10.3. The lowest BCUT2D eigenvalue weighted by molar-refractivity contribution is 0.507. The summed E-state index contributed by atoms with van der Waals surface area (Å²) in [7, 11) is -3.70. The molecule has 3 rings (SSSR count). The average Bonchev–Trinajstić information content (AvgIpc) is 3.09. The second-order valence-electron chi connectivity index (χ2n) is 5.44. The summed E-state index contributed by atoms with van der Waals surface area (Å²) < 4.78 is 53.6. The zero-order valence-corrected chi connectivity index (χ0v) is 15.8. The number of anilines is 1. The molecule has 0 amide bonds. The Kier molecular flexibility index (Phi) is 4.90. The second kappa shape index (κ2) is 6.81. The Bertz CT molecular complexity index is 1030. The largest absolute Gasteiger partial charge is 0.264 e. The predicted octanol–water partition coefficient (Wildman–Crippen LogP) is 4.49. The molecule has 0 spiro atoms. The lowest BCUT2D eigenvalue weighted by Gasteiger charge is -2.04. The summed E-state index contributed by atoms with van der Waals surface area (Å²) in [5, 5.41) is 0.237. The first kappa shape index (κ1) is 18.0. The zero-order chi connectivity index (χ0) is 18.2. The molecule has 0 aliphatic rings. The van der Waals surface area contributed by atoms with Gasteiger partial charge in [0, 0.05) is 27.2 Å². The number of sulfonamides is 1. The Balaban J connectivity index is 1.77. The molecule has 25 heavy (non-hydrogen) atoms. The van der Waals surface area contributed by atoms with Gasteiger partial charge in [-0.1, -0.05) is 6.07 Å². The minimum Gasteiger partial charge on any atom is -0.255 e. The number of nitrogens with one attached hydrogen (secondary N) is 1. The summed E-state index contributed by atoms with van der Waals surface area (Å²) in [6, 6.07) is 5.30. The van der Waals surface area contributed by atoms with Crippen LogP contribution in [0.3, 0.4) is 0 Å².